The summed E-state index contributed by atoms with van der Waals surface area (Å²) in [7, 11) is 0. The first-order valence-electron chi connectivity index (χ1n) is 4.86. The van der Waals surface area contributed by atoms with E-state index in [2.05, 4.69) is 42.9 Å². The van der Waals surface area contributed by atoms with Crippen molar-refractivity contribution in [1.82, 2.24) is 5.32 Å². The Morgan fingerprint density at radius 1 is 1.46 bits per heavy atom. The first-order valence-corrected chi connectivity index (χ1v) is 5.80. The van der Waals surface area contributed by atoms with Crippen LogP contribution in [-0.2, 0) is 6.42 Å². The van der Waals surface area contributed by atoms with Gasteiger partial charge < -0.3 is 5.32 Å². The summed E-state index contributed by atoms with van der Waals surface area (Å²) in [6.07, 6.45) is 1.17. The van der Waals surface area contributed by atoms with Gasteiger partial charge in [-0.15, -0.1) is 0 Å². The normalized spacial score (nSPS) is 11.9. The molecule has 1 aromatic rings. The van der Waals surface area contributed by atoms with Crippen LogP contribution in [0.15, 0.2) is 16.8 Å². The molecule has 0 aliphatic carbocycles. The zero-order valence-electron chi connectivity index (χ0n) is 8.76. The van der Waals surface area contributed by atoms with E-state index < -0.39 is 0 Å². The third-order valence-electron chi connectivity index (χ3n) is 2.12. The fourth-order valence-electron chi connectivity index (χ4n) is 1.47. The number of thiophene rings is 1. The van der Waals surface area contributed by atoms with E-state index in [0.717, 1.165) is 13.1 Å². The van der Waals surface area contributed by atoms with Crippen LogP contribution < -0.4 is 5.32 Å². The van der Waals surface area contributed by atoms with Crippen LogP contribution in [0.4, 0.5) is 0 Å². The van der Waals surface area contributed by atoms with Gasteiger partial charge in [-0.1, -0.05) is 20.8 Å². The van der Waals surface area contributed by atoms with Crippen LogP contribution in [0.3, 0.4) is 0 Å². The number of rotatable bonds is 5. The predicted octanol–water partition coefficient (Wildman–Crippen LogP) is 2.93. The van der Waals surface area contributed by atoms with Crippen LogP contribution in [-0.4, -0.2) is 13.1 Å². The highest BCUT2D eigenvalue weighted by atomic mass is 32.1. The Bertz CT molecular complexity index is 226. The molecule has 2 heteroatoms. The monoisotopic (exact) mass is 197 g/mol. The van der Waals surface area contributed by atoms with E-state index in [0.29, 0.717) is 5.41 Å². The average Bonchev–Trinajstić information content (AvgIpc) is 2.52. The molecule has 1 heterocycles. The first kappa shape index (κ1) is 10.7. The number of hydrogen-bond acceptors (Lipinski definition) is 2. The maximum absolute atomic E-state index is 3.40. The molecule has 0 aromatic carbocycles. The van der Waals surface area contributed by atoms with Crippen LogP contribution in [0.25, 0.3) is 0 Å². The lowest BCUT2D eigenvalue weighted by Gasteiger charge is -2.24. The van der Waals surface area contributed by atoms with Crippen molar-refractivity contribution >= 4 is 11.3 Å². The Morgan fingerprint density at radius 3 is 2.77 bits per heavy atom. The molecule has 0 amide bonds. The van der Waals surface area contributed by atoms with E-state index >= 15 is 0 Å². The molecule has 1 nitrogen and oxygen atoms in total. The van der Waals surface area contributed by atoms with E-state index in [1.807, 2.05) is 0 Å². The molecule has 0 unspecified atom stereocenters. The van der Waals surface area contributed by atoms with Crippen LogP contribution >= 0.6 is 11.3 Å². The standard InChI is InChI=1S/C11H19NS/c1-4-12-9-11(2,3)7-10-5-6-13-8-10/h5-6,8,12H,4,7,9H2,1-3H3. The van der Waals surface area contributed by atoms with E-state index in [1.165, 1.54) is 12.0 Å². The Balaban J connectivity index is 2.42. The molecule has 1 rings (SSSR count). The molecule has 74 valence electrons. The largest absolute Gasteiger partial charge is 0.316 e. The molecule has 1 N–H and O–H groups in total. The maximum Gasteiger partial charge on any atom is 0.000559 e. The second-order valence-electron chi connectivity index (χ2n) is 4.25. The Hall–Kier alpha value is -0.340. The van der Waals surface area contributed by atoms with Crippen molar-refractivity contribution in [3.8, 4) is 0 Å². The van der Waals surface area contributed by atoms with Crippen LogP contribution in [0.2, 0.25) is 0 Å². The fourth-order valence-corrected chi connectivity index (χ4v) is 2.14. The molecule has 0 aliphatic heterocycles. The van der Waals surface area contributed by atoms with Crippen LogP contribution in [0.1, 0.15) is 26.3 Å². The molecule has 0 aliphatic rings. The fraction of sp³-hybridized carbons (Fsp3) is 0.636. The van der Waals surface area contributed by atoms with Crippen molar-refractivity contribution in [3.63, 3.8) is 0 Å². The van der Waals surface area contributed by atoms with Gasteiger partial charge in [-0.3, -0.25) is 0 Å². The third kappa shape index (κ3) is 3.92. The van der Waals surface area contributed by atoms with Gasteiger partial charge in [0.2, 0.25) is 0 Å². The summed E-state index contributed by atoms with van der Waals surface area (Å²) in [5.41, 5.74) is 1.84. The van der Waals surface area contributed by atoms with Gasteiger partial charge in [0, 0.05) is 6.54 Å². The summed E-state index contributed by atoms with van der Waals surface area (Å²) < 4.78 is 0. The molecular weight excluding hydrogens is 178 g/mol. The predicted molar refractivity (Wildman–Crippen MR) is 60.3 cm³/mol. The van der Waals surface area contributed by atoms with Crippen molar-refractivity contribution in [2.24, 2.45) is 5.41 Å². The summed E-state index contributed by atoms with van der Waals surface area (Å²) in [4.78, 5) is 0. The minimum atomic E-state index is 0.372. The smallest absolute Gasteiger partial charge is 0.000559 e. The molecule has 0 bridgehead atoms. The Kier molecular flexibility index (Phi) is 3.94. The first-order chi connectivity index (χ1) is 6.14. The maximum atomic E-state index is 3.40. The highest BCUT2D eigenvalue weighted by Gasteiger charge is 2.17. The summed E-state index contributed by atoms with van der Waals surface area (Å²) in [6, 6.07) is 2.22. The molecule has 0 saturated carbocycles. The minimum absolute atomic E-state index is 0.372. The molecule has 1 aromatic heterocycles. The van der Waals surface area contributed by atoms with Gasteiger partial charge in [0.05, 0.1) is 0 Å². The molecule has 0 saturated heterocycles. The topological polar surface area (TPSA) is 12.0 Å². The lowest BCUT2D eigenvalue weighted by Crippen LogP contribution is -2.30. The zero-order chi connectivity index (χ0) is 9.73. The van der Waals surface area contributed by atoms with Gasteiger partial charge >= 0.3 is 0 Å². The van der Waals surface area contributed by atoms with Crippen molar-refractivity contribution in [3.05, 3.63) is 22.4 Å². The van der Waals surface area contributed by atoms with Gasteiger partial charge in [0.15, 0.2) is 0 Å². The summed E-state index contributed by atoms with van der Waals surface area (Å²) >= 11 is 1.78. The van der Waals surface area contributed by atoms with Crippen molar-refractivity contribution < 1.29 is 0 Å². The summed E-state index contributed by atoms with van der Waals surface area (Å²) in [5.74, 6) is 0. The van der Waals surface area contributed by atoms with Gasteiger partial charge in [-0.25, -0.2) is 0 Å². The second-order valence-corrected chi connectivity index (χ2v) is 5.03. The SMILES string of the molecule is CCNCC(C)(C)Cc1ccsc1. The lowest BCUT2D eigenvalue weighted by atomic mass is 9.86. The van der Waals surface area contributed by atoms with Crippen molar-refractivity contribution in [2.45, 2.75) is 27.2 Å². The van der Waals surface area contributed by atoms with Crippen LogP contribution in [0.5, 0.6) is 0 Å². The van der Waals surface area contributed by atoms with E-state index in [4.69, 9.17) is 0 Å². The summed E-state index contributed by atoms with van der Waals surface area (Å²) in [6.45, 7) is 8.94. The van der Waals surface area contributed by atoms with Gasteiger partial charge in [-0.2, -0.15) is 11.3 Å². The lowest BCUT2D eigenvalue weighted by molar-refractivity contribution is 0.342. The number of hydrogen-bond donors (Lipinski definition) is 1. The quantitative estimate of drug-likeness (QED) is 0.765. The van der Waals surface area contributed by atoms with E-state index in [1.54, 1.807) is 11.3 Å². The van der Waals surface area contributed by atoms with Crippen molar-refractivity contribution in [1.29, 1.82) is 0 Å². The molecule has 13 heavy (non-hydrogen) atoms. The summed E-state index contributed by atoms with van der Waals surface area (Å²) in [5, 5.41) is 7.80. The van der Waals surface area contributed by atoms with Gasteiger partial charge in [-0.05, 0) is 40.8 Å². The molecule has 0 fully saturated rings. The van der Waals surface area contributed by atoms with Crippen LogP contribution in [0, 0.1) is 5.41 Å². The highest BCUT2D eigenvalue weighted by molar-refractivity contribution is 7.07. The molecule has 0 radical (unpaired) electrons. The number of nitrogens with one attached hydrogen (secondary N) is 1. The molecular formula is C11H19NS. The van der Waals surface area contributed by atoms with E-state index in [-0.39, 0.29) is 0 Å². The van der Waals surface area contributed by atoms with Gasteiger partial charge in [0.1, 0.15) is 0 Å². The minimum Gasteiger partial charge on any atom is -0.316 e. The zero-order valence-corrected chi connectivity index (χ0v) is 9.58. The van der Waals surface area contributed by atoms with Crippen molar-refractivity contribution in [2.75, 3.05) is 13.1 Å². The highest BCUT2D eigenvalue weighted by Crippen LogP contribution is 2.22. The molecule has 0 atom stereocenters. The van der Waals surface area contributed by atoms with Gasteiger partial charge in [0.25, 0.3) is 0 Å². The molecule has 0 spiro atoms. The third-order valence-corrected chi connectivity index (χ3v) is 2.85. The van der Waals surface area contributed by atoms with E-state index in [9.17, 15) is 0 Å². The average molecular weight is 197 g/mol. The Morgan fingerprint density at radius 2 is 2.23 bits per heavy atom. The Labute approximate surface area is 85.2 Å². The second kappa shape index (κ2) is 4.77.